The number of nitrogens with zero attached hydrogens (tertiary/aromatic N) is 3. The summed E-state index contributed by atoms with van der Waals surface area (Å²) in [5, 5.41) is 0. The molecule has 2 N–H and O–H groups in total. The fraction of sp³-hybridized carbons (Fsp3) is 0.538. The van der Waals surface area contributed by atoms with Crippen molar-refractivity contribution in [1.82, 2.24) is 14.4 Å². The largest absolute Gasteiger partial charge is 0.464 e. The summed E-state index contributed by atoms with van der Waals surface area (Å²) in [6, 6.07) is 1.52. The van der Waals surface area contributed by atoms with E-state index in [2.05, 4.69) is 9.64 Å². The molecule has 0 atom stereocenters. The Morgan fingerprint density at radius 3 is 2.55 bits per heavy atom. The molecule has 0 radical (unpaired) electrons. The highest BCUT2D eigenvalue weighted by Gasteiger charge is 2.21. The van der Waals surface area contributed by atoms with Crippen LogP contribution in [0.5, 0.6) is 0 Å². The smallest absolute Gasteiger partial charge is 0.354 e. The number of hydrogen-bond donors (Lipinski definition) is 1. The third-order valence-electron chi connectivity index (χ3n) is 3.47. The maximum atomic E-state index is 12.2. The van der Waals surface area contributed by atoms with Gasteiger partial charge in [-0.2, -0.15) is 0 Å². The maximum Gasteiger partial charge on any atom is 0.354 e. The third kappa shape index (κ3) is 3.11. The predicted molar refractivity (Wildman–Crippen MR) is 74.3 cm³/mol. The number of rotatable bonds is 3. The van der Waals surface area contributed by atoms with E-state index in [9.17, 15) is 9.59 Å². The number of ether oxygens (including phenoxy) is 1. The quantitative estimate of drug-likeness (QED) is 0.764. The Morgan fingerprint density at radius 2 is 1.95 bits per heavy atom. The van der Waals surface area contributed by atoms with Crippen LogP contribution >= 0.6 is 0 Å². The lowest BCUT2D eigenvalue weighted by Gasteiger charge is -2.32. The highest BCUT2D eigenvalue weighted by molar-refractivity contribution is 5.89. The number of methoxy groups -OCH3 is 1. The first-order valence-corrected chi connectivity index (χ1v) is 6.51. The first-order chi connectivity index (χ1) is 9.51. The summed E-state index contributed by atoms with van der Waals surface area (Å²) in [4.78, 5) is 27.8. The number of aromatic nitrogens is 1. The molecule has 110 valence electrons. The summed E-state index contributed by atoms with van der Waals surface area (Å²) in [6.45, 7) is 3.25. The van der Waals surface area contributed by atoms with E-state index in [0.29, 0.717) is 24.5 Å². The van der Waals surface area contributed by atoms with Gasteiger partial charge in [-0.1, -0.05) is 0 Å². The van der Waals surface area contributed by atoms with Crippen molar-refractivity contribution >= 4 is 17.6 Å². The molecule has 1 aliphatic heterocycles. The van der Waals surface area contributed by atoms with Crippen molar-refractivity contribution in [2.75, 3.05) is 46.1 Å². The molecule has 20 heavy (non-hydrogen) atoms. The molecule has 0 aliphatic carbocycles. The van der Waals surface area contributed by atoms with Crippen LogP contribution in [0.3, 0.4) is 0 Å². The Balaban J connectivity index is 2.06. The number of nitrogens with two attached hydrogens (primary N) is 1. The van der Waals surface area contributed by atoms with Crippen LogP contribution in [0.1, 0.15) is 10.5 Å². The Hall–Kier alpha value is -2.02. The van der Waals surface area contributed by atoms with E-state index in [0.717, 1.165) is 13.1 Å². The molecule has 1 aromatic heterocycles. The van der Waals surface area contributed by atoms with E-state index < -0.39 is 5.97 Å². The van der Waals surface area contributed by atoms with Crippen LogP contribution in [0, 0.1) is 0 Å². The van der Waals surface area contributed by atoms with E-state index in [1.165, 1.54) is 13.2 Å². The van der Waals surface area contributed by atoms with Crippen LogP contribution in [0.15, 0.2) is 12.3 Å². The van der Waals surface area contributed by atoms with Gasteiger partial charge in [-0.25, -0.2) is 4.79 Å². The summed E-state index contributed by atoms with van der Waals surface area (Å²) in [5.41, 5.74) is 6.42. The van der Waals surface area contributed by atoms with Crippen LogP contribution in [-0.4, -0.2) is 66.6 Å². The summed E-state index contributed by atoms with van der Waals surface area (Å²) >= 11 is 0. The minimum absolute atomic E-state index is 0.0150. The van der Waals surface area contributed by atoms with E-state index in [4.69, 9.17) is 5.73 Å². The average Bonchev–Trinajstić information content (AvgIpc) is 2.79. The van der Waals surface area contributed by atoms with E-state index in [1.807, 2.05) is 7.05 Å². The molecule has 0 saturated carbocycles. The molecule has 1 amide bonds. The van der Waals surface area contributed by atoms with E-state index >= 15 is 0 Å². The first kappa shape index (κ1) is 14.4. The average molecular weight is 280 g/mol. The zero-order chi connectivity index (χ0) is 14.7. The van der Waals surface area contributed by atoms with Gasteiger partial charge < -0.3 is 24.8 Å². The van der Waals surface area contributed by atoms with Gasteiger partial charge in [0.25, 0.3) is 0 Å². The Labute approximate surface area is 117 Å². The monoisotopic (exact) mass is 280 g/mol. The summed E-state index contributed by atoms with van der Waals surface area (Å²) in [7, 11) is 3.34. The SMILES string of the molecule is COC(=O)c1cc(N)cn1CC(=O)N1CCN(C)CC1. The molecule has 1 fully saturated rings. The Morgan fingerprint density at radius 1 is 1.30 bits per heavy atom. The van der Waals surface area contributed by atoms with Crippen molar-refractivity contribution < 1.29 is 14.3 Å². The van der Waals surface area contributed by atoms with Crippen molar-refractivity contribution in [3.8, 4) is 0 Å². The van der Waals surface area contributed by atoms with Gasteiger partial charge in [-0.3, -0.25) is 4.79 Å². The number of anilines is 1. The molecule has 1 aromatic rings. The highest BCUT2D eigenvalue weighted by atomic mass is 16.5. The molecule has 0 unspecified atom stereocenters. The second-order valence-electron chi connectivity index (χ2n) is 4.96. The number of carbonyl (C=O) groups is 2. The van der Waals surface area contributed by atoms with Crippen molar-refractivity contribution in [2.24, 2.45) is 0 Å². The van der Waals surface area contributed by atoms with Gasteiger partial charge in [0.05, 0.1) is 12.8 Å². The Bertz CT molecular complexity index is 504. The second-order valence-corrected chi connectivity index (χ2v) is 4.96. The maximum absolute atomic E-state index is 12.2. The second kappa shape index (κ2) is 5.96. The number of nitrogen functional groups attached to an aromatic ring is 1. The lowest BCUT2D eigenvalue weighted by atomic mass is 10.3. The van der Waals surface area contributed by atoms with Crippen molar-refractivity contribution in [1.29, 1.82) is 0 Å². The van der Waals surface area contributed by atoms with Gasteiger partial charge >= 0.3 is 5.97 Å². The fourth-order valence-electron chi connectivity index (χ4n) is 2.24. The third-order valence-corrected chi connectivity index (χ3v) is 3.47. The molecular weight excluding hydrogens is 260 g/mol. The van der Waals surface area contributed by atoms with Crippen LogP contribution in [0.25, 0.3) is 0 Å². The topological polar surface area (TPSA) is 80.8 Å². The predicted octanol–water partition coefficient (Wildman–Crippen LogP) is -0.369. The zero-order valence-corrected chi connectivity index (χ0v) is 11.8. The van der Waals surface area contributed by atoms with Gasteiger partial charge in [0.2, 0.25) is 5.91 Å². The molecule has 2 rings (SSSR count). The molecule has 7 nitrogen and oxygen atoms in total. The first-order valence-electron chi connectivity index (χ1n) is 6.51. The van der Waals surface area contributed by atoms with Crippen molar-refractivity contribution in [3.63, 3.8) is 0 Å². The fourth-order valence-corrected chi connectivity index (χ4v) is 2.24. The van der Waals surface area contributed by atoms with Gasteiger partial charge in [0.1, 0.15) is 12.2 Å². The van der Waals surface area contributed by atoms with Crippen LogP contribution in [-0.2, 0) is 16.1 Å². The standard InChI is InChI=1S/C13H20N4O3/c1-15-3-5-16(6-4-15)12(18)9-17-8-10(14)7-11(17)13(19)20-2/h7-8H,3-6,9,14H2,1-2H3. The molecule has 0 bridgehead atoms. The summed E-state index contributed by atoms with van der Waals surface area (Å²) < 4.78 is 6.23. The lowest BCUT2D eigenvalue weighted by Crippen LogP contribution is -2.48. The number of amides is 1. The minimum Gasteiger partial charge on any atom is -0.464 e. The number of likely N-dealkylation sites (N-methyl/N-ethyl adjacent to an activating group) is 1. The lowest BCUT2D eigenvalue weighted by molar-refractivity contribution is -0.133. The molecule has 0 aromatic carbocycles. The van der Waals surface area contributed by atoms with Gasteiger partial charge in [-0.05, 0) is 13.1 Å². The van der Waals surface area contributed by atoms with Crippen molar-refractivity contribution in [3.05, 3.63) is 18.0 Å². The summed E-state index contributed by atoms with van der Waals surface area (Å²) in [6.07, 6.45) is 1.58. The number of hydrogen-bond acceptors (Lipinski definition) is 5. The van der Waals surface area contributed by atoms with Crippen LogP contribution in [0.2, 0.25) is 0 Å². The molecule has 1 saturated heterocycles. The number of carbonyl (C=O) groups excluding carboxylic acids is 2. The highest BCUT2D eigenvalue weighted by Crippen LogP contribution is 2.12. The zero-order valence-electron chi connectivity index (χ0n) is 11.8. The van der Waals surface area contributed by atoms with Gasteiger partial charge in [-0.15, -0.1) is 0 Å². The summed E-state index contributed by atoms with van der Waals surface area (Å²) in [5.74, 6) is -0.508. The molecule has 0 spiro atoms. The van der Waals surface area contributed by atoms with Crippen molar-refractivity contribution in [2.45, 2.75) is 6.54 Å². The van der Waals surface area contributed by atoms with E-state index in [1.54, 1.807) is 15.7 Å². The van der Waals surface area contributed by atoms with Crippen LogP contribution in [0.4, 0.5) is 5.69 Å². The number of esters is 1. The number of piperazine rings is 1. The van der Waals surface area contributed by atoms with E-state index in [-0.39, 0.29) is 12.5 Å². The normalized spacial score (nSPS) is 16.2. The molecule has 1 aliphatic rings. The Kier molecular flexibility index (Phi) is 4.29. The van der Waals surface area contributed by atoms with Crippen LogP contribution < -0.4 is 5.73 Å². The molecule has 7 heteroatoms. The minimum atomic E-state index is -0.493. The van der Waals surface area contributed by atoms with Gasteiger partial charge in [0, 0.05) is 32.4 Å². The molecular formula is C13H20N4O3. The molecule has 2 heterocycles. The van der Waals surface area contributed by atoms with Gasteiger partial charge in [0.15, 0.2) is 0 Å².